The van der Waals surface area contributed by atoms with E-state index in [1.54, 1.807) is 0 Å². The van der Waals surface area contributed by atoms with Gasteiger partial charge in [-0.15, -0.1) is 4.73 Å². The first-order chi connectivity index (χ1) is 13.5. The summed E-state index contributed by atoms with van der Waals surface area (Å²) in [4.78, 5) is 8.47. The van der Waals surface area contributed by atoms with Crippen LogP contribution in [0, 0.1) is 5.41 Å². The lowest BCUT2D eigenvalue weighted by atomic mass is 10.1. The second-order valence-electron chi connectivity index (χ2n) is 6.38. The summed E-state index contributed by atoms with van der Waals surface area (Å²) in [6, 6.07) is 9.61. The molecule has 0 saturated carbocycles. The average Bonchev–Trinajstić information content (AvgIpc) is 3.25. The number of imidazole rings is 1. The van der Waals surface area contributed by atoms with E-state index >= 15 is 0 Å². The van der Waals surface area contributed by atoms with E-state index in [2.05, 4.69) is 9.97 Å². The number of hydrogen-bond donors (Lipinski definition) is 5. The normalized spacial score (nSPS) is 24.8. The van der Waals surface area contributed by atoms with Crippen LogP contribution in [0.15, 0.2) is 41.8 Å². The van der Waals surface area contributed by atoms with Crippen LogP contribution >= 0.6 is 11.8 Å². The van der Waals surface area contributed by atoms with Crippen LogP contribution in [0.1, 0.15) is 11.8 Å². The van der Waals surface area contributed by atoms with Crippen molar-refractivity contribution in [1.29, 1.82) is 5.41 Å². The Morgan fingerprint density at radius 1 is 1.18 bits per heavy atom. The molecule has 3 heterocycles. The van der Waals surface area contributed by atoms with Crippen LogP contribution in [-0.4, -0.2) is 64.7 Å². The number of aliphatic hydroxyl groups is 3. The molecule has 11 heteroatoms. The summed E-state index contributed by atoms with van der Waals surface area (Å²) >= 11 is 1.24. The molecule has 5 N–H and O–H groups in total. The summed E-state index contributed by atoms with van der Waals surface area (Å²) < 4.78 is 7.57. The van der Waals surface area contributed by atoms with E-state index in [0.29, 0.717) is 10.5 Å². The van der Waals surface area contributed by atoms with Crippen LogP contribution in [0.4, 0.5) is 0 Å². The lowest BCUT2D eigenvalue weighted by Crippen LogP contribution is -2.33. The maximum absolute atomic E-state index is 10.3. The topological polar surface area (TPSA) is 150 Å². The van der Waals surface area contributed by atoms with E-state index in [1.807, 2.05) is 30.3 Å². The molecule has 4 atom stereocenters. The lowest BCUT2D eigenvalue weighted by Gasteiger charge is -2.17. The van der Waals surface area contributed by atoms with Crippen molar-refractivity contribution >= 4 is 22.9 Å². The Balaban J connectivity index is 1.70. The number of benzene rings is 1. The molecule has 0 bridgehead atoms. The minimum absolute atomic E-state index is 0.115. The van der Waals surface area contributed by atoms with Gasteiger partial charge in [0, 0.05) is 5.75 Å². The van der Waals surface area contributed by atoms with Crippen molar-refractivity contribution in [1.82, 2.24) is 19.3 Å². The first-order valence-electron chi connectivity index (χ1n) is 8.54. The van der Waals surface area contributed by atoms with Crippen LogP contribution in [0.2, 0.25) is 0 Å². The predicted molar refractivity (Wildman–Crippen MR) is 97.6 cm³/mol. The highest BCUT2D eigenvalue weighted by molar-refractivity contribution is 7.98. The number of fused-ring (bicyclic) bond motifs is 1. The summed E-state index contributed by atoms with van der Waals surface area (Å²) in [5.74, 6) is 0.529. The minimum Gasteiger partial charge on any atom is -0.424 e. The fraction of sp³-hybridized carbons (Fsp3) is 0.353. The first kappa shape index (κ1) is 18.9. The summed E-state index contributed by atoms with van der Waals surface area (Å²) in [5, 5.41) is 48.1. The Kier molecular flexibility index (Phi) is 5.08. The number of hydrogen-bond acceptors (Lipinski definition) is 9. The summed E-state index contributed by atoms with van der Waals surface area (Å²) in [7, 11) is 0. The van der Waals surface area contributed by atoms with Gasteiger partial charge in [-0.3, -0.25) is 9.98 Å². The molecule has 0 radical (unpaired) electrons. The quantitative estimate of drug-likeness (QED) is 0.224. The molecule has 28 heavy (non-hydrogen) atoms. The molecular weight excluding hydrogens is 386 g/mol. The molecular formula is C17H19N5O5S. The zero-order valence-corrected chi connectivity index (χ0v) is 15.4. The fourth-order valence-electron chi connectivity index (χ4n) is 3.08. The third-order valence-corrected chi connectivity index (χ3v) is 5.59. The molecule has 148 valence electrons. The number of aliphatic hydroxyl groups excluding tert-OH is 3. The Morgan fingerprint density at radius 2 is 1.93 bits per heavy atom. The predicted octanol–water partition coefficient (Wildman–Crippen LogP) is -0.147. The molecule has 0 amide bonds. The van der Waals surface area contributed by atoms with Crippen LogP contribution in [0.25, 0.3) is 11.2 Å². The number of thioether (sulfide) groups is 1. The standard InChI is InChI=1S/C17H19N5O5S/c18-14-11-15(20-17(22(14)26)28-7-9-4-2-1-3-5-9)21(8-19-11)16-13(25)12(24)10(6-23)27-16/h1-5,8,10,12-13,16,18,23-26H,6-7H2/t10-,12-,13-,16-/m1/s1. The highest BCUT2D eigenvalue weighted by Crippen LogP contribution is 2.31. The number of nitrogens with one attached hydrogen (secondary N) is 1. The van der Waals surface area contributed by atoms with Crippen LogP contribution in [0.5, 0.6) is 0 Å². The summed E-state index contributed by atoms with van der Waals surface area (Å²) in [5.41, 5.74) is 1.11. The van der Waals surface area contributed by atoms with Gasteiger partial charge in [-0.2, -0.15) is 0 Å². The Labute approximate surface area is 163 Å². The number of ether oxygens (including phenoxy) is 1. The van der Waals surface area contributed by atoms with Crippen molar-refractivity contribution in [2.45, 2.75) is 35.4 Å². The zero-order valence-electron chi connectivity index (χ0n) is 14.6. The molecule has 1 aromatic carbocycles. The molecule has 2 aromatic heterocycles. The molecule has 0 spiro atoms. The fourth-order valence-corrected chi connectivity index (χ4v) is 3.93. The van der Waals surface area contributed by atoms with Gasteiger partial charge in [0.1, 0.15) is 18.3 Å². The first-order valence-corrected chi connectivity index (χ1v) is 9.52. The van der Waals surface area contributed by atoms with Crippen molar-refractivity contribution in [2.24, 2.45) is 0 Å². The van der Waals surface area contributed by atoms with E-state index in [1.165, 1.54) is 22.7 Å². The van der Waals surface area contributed by atoms with Crippen molar-refractivity contribution in [3.05, 3.63) is 47.7 Å². The number of nitrogens with zero attached hydrogens (tertiary/aromatic N) is 4. The molecule has 0 aliphatic carbocycles. The second-order valence-corrected chi connectivity index (χ2v) is 7.32. The smallest absolute Gasteiger partial charge is 0.207 e. The Morgan fingerprint density at radius 3 is 2.61 bits per heavy atom. The third kappa shape index (κ3) is 3.16. The van der Waals surface area contributed by atoms with E-state index in [9.17, 15) is 20.5 Å². The lowest BCUT2D eigenvalue weighted by molar-refractivity contribution is -0.0511. The molecule has 1 aliphatic heterocycles. The van der Waals surface area contributed by atoms with Gasteiger partial charge in [-0.05, 0) is 5.56 Å². The van der Waals surface area contributed by atoms with Gasteiger partial charge in [0.05, 0.1) is 12.9 Å². The maximum Gasteiger partial charge on any atom is 0.207 e. The second kappa shape index (κ2) is 7.53. The van der Waals surface area contributed by atoms with Gasteiger partial charge in [0.25, 0.3) is 0 Å². The van der Waals surface area contributed by atoms with Gasteiger partial charge in [0.15, 0.2) is 22.9 Å². The van der Waals surface area contributed by atoms with E-state index < -0.39 is 31.1 Å². The van der Waals surface area contributed by atoms with Crippen molar-refractivity contribution in [3.8, 4) is 0 Å². The maximum atomic E-state index is 10.3. The molecule has 10 nitrogen and oxygen atoms in total. The summed E-state index contributed by atoms with van der Waals surface area (Å²) in [6.07, 6.45) is -3.20. The SMILES string of the molecule is N=c1c2ncn([C@@H]3O[C@H](CO)[C@@H](O)[C@H]3O)c2nc(SCc2ccccc2)n1O. The van der Waals surface area contributed by atoms with Crippen molar-refractivity contribution < 1.29 is 25.3 Å². The number of aromatic nitrogens is 4. The largest absolute Gasteiger partial charge is 0.424 e. The highest BCUT2D eigenvalue weighted by Gasteiger charge is 2.44. The molecule has 1 aliphatic rings. The van der Waals surface area contributed by atoms with Crippen LogP contribution in [-0.2, 0) is 10.5 Å². The van der Waals surface area contributed by atoms with Gasteiger partial charge in [-0.1, -0.05) is 42.1 Å². The Hall–Kier alpha value is -2.44. The third-order valence-electron chi connectivity index (χ3n) is 4.59. The molecule has 1 fully saturated rings. The van der Waals surface area contributed by atoms with Crippen LogP contribution < -0.4 is 5.49 Å². The van der Waals surface area contributed by atoms with E-state index in [-0.39, 0.29) is 21.8 Å². The average molecular weight is 405 g/mol. The van der Waals surface area contributed by atoms with Crippen molar-refractivity contribution in [2.75, 3.05) is 6.61 Å². The molecule has 1 saturated heterocycles. The van der Waals surface area contributed by atoms with Gasteiger partial charge < -0.3 is 25.3 Å². The molecule has 4 rings (SSSR count). The van der Waals surface area contributed by atoms with Crippen molar-refractivity contribution in [3.63, 3.8) is 0 Å². The van der Waals surface area contributed by atoms with Crippen LogP contribution in [0.3, 0.4) is 0 Å². The summed E-state index contributed by atoms with van der Waals surface area (Å²) in [6.45, 7) is -0.451. The van der Waals surface area contributed by atoms with Gasteiger partial charge >= 0.3 is 0 Å². The monoisotopic (exact) mass is 405 g/mol. The minimum atomic E-state index is -1.30. The Bertz CT molecular complexity index is 1040. The van der Waals surface area contributed by atoms with Gasteiger partial charge in [0.2, 0.25) is 5.16 Å². The van der Waals surface area contributed by atoms with E-state index in [0.717, 1.165) is 5.56 Å². The molecule has 0 unspecified atom stereocenters. The highest BCUT2D eigenvalue weighted by atomic mass is 32.2. The number of rotatable bonds is 5. The molecule has 3 aromatic rings. The van der Waals surface area contributed by atoms with E-state index in [4.69, 9.17) is 10.1 Å². The zero-order chi connectivity index (χ0) is 19.8. The van der Waals surface area contributed by atoms with Gasteiger partial charge in [-0.25, -0.2) is 9.97 Å².